The van der Waals surface area contributed by atoms with E-state index < -0.39 is 59.4 Å². The zero-order chi connectivity index (χ0) is 32.6. The second-order valence-corrected chi connectivity index (χ2v) is 10.1. The van der Waals surface area contributed by atoms with E-state index in [-0.39, 0.29) is 12.1 Å². The number of aromatic nitrogens is 5. The van der Waals surface area contributed by atoms with Crippen molar-refractivity contribution in [3.05, 3.63) is 88.4 Å². The van der Waals surface area contributed by atoms with E-state index in [2.05, 4.69) is 15.3 Å². The van der Waals surface area contributed by atoms with E-state index in [1.54, 1.807) is 48.1 Å². The van der Waals surface area contributed by atoms with Crippen molar-refractivity contribution in [2.24, 2.45) is 7.05 Å². The third-order valence-electron chi connectivity index (χ3n) is 7.29. The van der Waals surface area contributed by atoms with Crippen molar-refractivity contribution < 1.29 is 36.3 Å². The molecule has 0 saturated carbocycles. The molecule has 4 heterocycles. The fraction of sp³-hybridized carbons (Fsp3) is 0.276. The van der Waals surface area contributed by atoms with Gasteiger partial charge in [0.2, 0.25) is 0 Å². The first-order valence-corrected chi connectivity index (χ1v) is 13.5. The van der Waals surface area contributed by atoms with Crippen molar-refractivity contribution in [3.8, 4) is 5.69 Å². The van der Waals surface area contributed by atoms with Crippen molar-refractivity contribution in [1.29, 1.82) is 0 Å². The number of nitrogens with one attached hydrogen (secondary N) is 2. The summed E-state index contributed by atoms with van der Waals surface area (Å²) in [5, 5.41) is 4.27. The lowest BCUT2D eigenvalue weighted by atomic mass is 10.1. The Bertz CT molecular complexity index is 1960. The number of carbonyl (C=O) groups is 2. The number of fused-ring (bicyclic) bond motifs is 2. The molecule has 16 heteroatoms. The number of amides is 1. The summed E-state index contributed by atoms with van der Waals surface area (Å²) in [4.78, 5) is 47.5. The van der Waals surface area contributed by atoms with Gasteiger partial charge in [0.25, 0.3) is 5.91 Å². The van der Waals surface area contributed by atoms with Crippen LogP contribution >= 0.6 is 0 Å². The van der Waals surface area contributed by atoms with Crippen LogP contribution in [0.25, 0.3) is 22.5 Å². The monoisotopic (exact) mass is 631 g/mol. The molecule has 5 rings (SSSR count). The summed E-state index contributed by atoms with van der Waals surface area (Å²) in [7, 11) is 2.66. The average Bonchev–Trinajstić information content (AvgIpc) is 3.58. The molecule has 2 atom stereocenters. The van der Waals surface area contributed by atoms with Gasteiger partial charge in [-0.05, 0) is 42.8 Å². The second kappa shape index (κ2) is 12.0. The Morgan fingerprint density at radius 1 is 1.04 bits per heavy atom. The number of alkyl halides is 3. The summed E-state index contributed by atoms with van der Waals surface area (Å²) in [5.41, 5.74) is 0.0717. The molecule has 0 saturated heterocycles. The van der Waals surface area contributed by atoms with Gasteiger partial charge in [-0.15, -0.1) is 0 Å². The number of imidazole rings is 2. The molecule has 2 N–H and O–H groups in total. The van der Waals surface area contributed by atoms with Gasteiger partial charge < -0.3 is 19.8 Å². The molecule has 1 amide bonds. The molecule has 0 spiro atoms. The van der Waals surface area contributed by atoms with Crippen LogP contribution in [0.5, 0.6) is 0 Å². The molecule has 0 aliphatic heterocycles. The van der Waals surface area contributed by atoms with Crippen LogP contribution in [0.3, 0.4) is 0 Å². The minimum atomic E-state index is -4.67. The number of hydrogen-bond acceptors (Lipinski definition) is 7. The van der Waals surface area contributed by atoms with Gasteiger partial charge in [0.15, 0.2) is 11.3 Å². The minimum absolute atomic E-state index is 0.235. The van der Waals surface area contributed by atoms with E-state index in [0.29, 0.717) is 40.3 Å². The standard InChI is InChI=1S/C29H26F5N7O4/c1-4-22(29(32,33)34)37-15-12-17(30)23(18(31)13-15)26(42)38-19(27(43)45-3)14-16-7-8-21(24-36-10-11-40(16)24)41-25-20(6-5-9-35-25)39(2)28(41)44/h5-13,19,22,37H,4,14H2,1-3H3,(H,38,42)/t19-,22+/m0/s1. The van der Waals surface area contributed by atoms with Crippen molar-refractivity contribution in [3.63, 3.8) is 0 Å². The number of esters is 1. The van der Waals surface area contributed by atoms with Gasteiger partial charge in [-0.25, -0.2) is 32.9 Å². The Morgan fingerprint density at radius 3 is 2.38 bits per heavy atom. The summed E-state index contributed by atoms with van der Waals surface area (Å²) in [6.45, 7) is 1.25. The number of methoxy groups -OCH3 is 1. The van der Waals surface area contributed by atoms with Crippen LogP contribution in [-0.2, 0) is 23.0 Å². The highest BCUT2D eigenvalue weighted by atomic mass is 19.4. The SMILES string of the molecule is CC[C@@H](Nc1cc(F)c(C(=O)N[C@@H](Cc2ccc(-n3c(=O)n(C)c4cccnc43)c3nccn23)C(=O)OC)c(F)c1)C(F)(F)F. The molecule has 45 heavy (non-hydrogen) atoms. The summed E-state index contributed by atoms with van der Waals surface area (Å²) in [5.74, 6) is -5.15. The highest BCUT2D eigenvalue weighted by molar-refractivity contribution is 5.97. The highest BCUT2D eigenvalue weighted by Gasteiger charge is 2.38. The summed E-state index contributed by atoms with van der Waals surface area (Å²) in [6, 6.07) is 4.20. The van der Waals surface area contributed by atoms with Gasteiger partial charge in [0.1, 0.15) is 29.3 Å². The number of pyridine rings is 2. The molecule has 11 nitrogen and oxygen atoms in total. The molecular formula is C29H26F5N7O4. The van der Waals surface area contributed by atoms with E-state index in [9.17, 15) is 36.3 Å². The molecule has 0 aliphatic carbocycles. The Kier molecular flexibility index (Phi) is 8.32. The number of benzene rings is 1. The van der Waals surface area contributed by atoms with Gasteiger partial charge in [0.05, 0.1) is 18.3 Å². The van der Waals surface area contributed by atoms with Crippen LogP contribution in [0.4, 0.5) is 27.6 Å². The molecule has 0 aliphatic rings. The van der Waals surface area contributed by atoms with Gasteiger partial charge in [0, 0.05) is 43.4 Å². The number of aryl methyl sites for hydroxylation is 1. The predicted molar refractivity (Wildman–Crippen MR) is 152 cm³/mol. The first kappa shape index (κ1) is 31.2. The number of halogens is 5. The largest absolute Gasteiger partial charge is 0.467 e. The van der Waals surface area contributed by atoms with E-state index in [0.717, 1.165) is 7.11 Å². The number of carbonyl (C=O) groups excluding carboxylic acids is 2. The summed E-state index contributed by atoms with van der Waals surface area (Å²) >= 11 is 0. The Morgan fingerprint density at radius 2 is 1.73 bits per heavy atom. The van der Waals surface area contributed by atoms with Crippen molar-refractivity contribution in [2.75, 3.05) is 12.4 Å². The molecular weight excluding hydrogens is 605 g/mol. The lowest BCUT2D eigenvalue weighted by Crippen LogP contribution is -2.44. The Hall–Kier alpha value is -5.28. The topological polar surface area (TPSA) is 125 Å². The lowest BCUT2D eigenvalue weighted by molar-refractivity contribution is -0.143. The number of hydrogen-bond donors (Lipinski definition) is 2. The van der Waals surface area contributed by atoms with Crippen LogP contribution in [-0.4, -0.2) is 60.7 Å². The van der Waals surface area contributed by atoms with E-state index in [1.807, 2.05) is 5.32 Å². The molecule has 0 fully saturated rings. The Labute approximate surface area is 251 Å². The van der Waals surface area contributed by atoms with Crippen LogP contribution in [0.15, 0.2) is 59.8 Å². The lowest BCUT2D eigenvalue weighted by Gasteiger charge is -2.22. The Balaban J connectivity index is 1.45. The molecule has 1 aromatic carbocycles. The highest BCUT2D eigenvalue weighted by Crippen LogP contribution is 2.28. The second-order valence-electron chi connectivity index (χ2n) is 10.1. The number of ether oxygens (including phenoxy) is 1. The molecule has 0 unspecified atom stereocenters. The quantitative estimate of drug-likeness (QED) is 0.187. The fourth-order valence-corrected chi connectivity index (χ4v) is 5.04. The van der Waals surface area contributed by atoms with Gasteiger partial charge in [-0.1, -0.05) is 6.92 Å². The van der Waals surface area contributed by atoms with Crippen LogP contribution < -0.4 is 16.3 Å². The summed E-state index contributed by atoms with van der Waals surface area (Å²) in [6.07, 6.45) is -0.758. The number of anilines is 1. The van der Waals surface area contributed by atoms with Crippen LogP contribution in [0.2, 0.25) is 0 Å². The maximum Gasteiger partial charge on any atom is 0.408 e. The zero-order valence-corrected chi connectivity index (χ0v) is 24.0. The maximum atomic E-state index is 14.9. The first-order chi connectivity index (χ1) is 21.3. The van der Waals surface area contributed by atoms with Gasteiger partial charge >= 0.3 is 17.8 Å². The normalized spacial score (nSPS) is 13.2. The van der Waals surface area contributed by atoms with Gasteiger partial charge in [-0.3, -0.25) is 9.36 Å². The molecule has 0 bridgehead atoms. The van der Waals surface area contributed by atoms with E-state index in [1.165, 1.54) is 22.3 Å². The first-order valence-electron chi connectivity index (χ1n) is 13.5. The van der Waals surface area contributed by atoms with Crippen LogP contribution in [0, 0.1) is 11.6 Å². The minimum Gasteiger partial charge on any atom is -0.467 e. The summed E-state index contributed by atoms with van der Waals surface area (Å²) < 4.78 is 78.4. The van der Waals surface area contributed by atoms with E-state index >= 15 is 0 Å². The predicted octanol–water partition coefficient (Wildman–Crippen LogP) is 3.92. The average molecular weight is 632 g/mol. The van der Waals surface area contributed by atoms with Crippen molar-refractivity contribution in [2.45, 2.75) is 38.0 Å². The molecule has 5 aromatic rings. The molecule has 0 radical (unpaired) electrons. The van der Waals surface area contributed by atoms with Crippen molar-refractivity contribution in [1.82, 2.24) is 28.8 Å². The van der Waals surface area contributed by atoms with Gasteiger partial charge in [-0.2, -0.15) is 13.2 Å². The smallest absolute Gasteiger partial charge is 0.408 e. The van der Waals surface area contributed by atoms with Crippen LogP contribution in [0.1, 0.15) is 29.4 Å². The molecule has 236 valence electrons. The third kappa shape index (κ3) is 5.82. The number of rotatable bonds is 9. The zero-order valence-electron chi connectivity index (χ0n) is 24.0. The number of nitrogens with zero attached hydrogens (tertiary/aromatic N) is 5. The third-order valence-corrected chi connectivity index (χ3v) is 7.29. The molecule has 4 aromatic heterocycles. The maximum absolute atomic E-state index is 14.9. The van der Waals surface area contributed by atoms with E-state index in [4.69, 9.17) is 4.74 Å². The van der Waals surface area contributed by atoms with Crippen molar-refractivity contribution >= 4 is 34.4 Å². The fourth-order valence-electron chi connectivity index (χ4n) is 5.04.